The van der Waals surface area contributed by atoms with Gasteiger partial charge in [0.05, 0.1) is 13.2 Å². The van der Waals surface area contributed by atoms with Crippen molar-refractivity contribution in [3.63, 3.8) is 0 Å². The van der Waals surface area contributed by atoms with Gasteiger partial charge in [0.25, 0.3) is 0 Å². The Labute approximate surface area is 116 Å². The van der Waals surface area contributed by atoms with Gasteiger partial charge in [-0.25, -0.2) is 0 Å². The van der Waals surface area contributed by atoms with Crippen molar-refractivity contribution in [2.24, 2.45) is 7.05 Å². The van der Waals surface area contributed by atoms with Crippen LogP contribution < -0.4 is 0 Å². The largest absolute Gasteiger partial charge is 0.383 e. The van der Waals surface area contributed by atoms with Gasteiger partial charge < -0.3 is 9.30 Å². The lowest BCUT2D eigenvalue weighted by atomic mass is 10.1. The molecule has 0 spiro atoms. The molecule has 1 rings (SSSR count). The molecule has 0 saturated carbocycles. The van der Waals surface area contributed by atoms with E-state index in [1.807, 2.05) is 27.0 Å². The van der Waals surface area contributed by atoms with Crippen LogP contribution in [0, 0.1) is 13.8 Å². The minimum absolute atomic E-state index is 0.186. The number of nitrogens with zero attached hydrogens (tertiary/aromatic N) is 2. The Morgan fingerprint density at radius 1 is 1.42 bits per heavy atom. The van der Waals surface area contributed by atoms with Crippen LogP contribution in [0.1, 0.15) is 35.6 Å². The van der Waals surface area contributed by atoms with Gasteiger partial charge in [-0.15, -0.1) is 0 Å². The monoisotopic (exact) mass is 266 g/mol. The number of Topliss-reactive ketones (excluding diaryl/α,β-unsaturated/α-hetero) is 1. The first kappa shape index (κ1) is 15.9. The second kappa shape index (κ2) is 6.87. The molecule has 1 aromatic heterocycles. The molecule has 1 aromatic rings. The molecule has 4 heteroatoms. The van der Waals surface area contributed by atoms with Gasteiger partial charge in [-0.05, 0) is 33.8 Å². The molecular formula is C15H26N2O2. The van der Waals surface area contributed by atoms with Crippen LogP contribution in [0.2, 0.25) is 0 Å². The standard InChI is InChI=1S/C15H26N2O2/c1-11(2)17(7-8-19-6)10-15(18)14-9-12(3)16(5)13(14)4/h9,11H,7-8,10H2,1-6H3. The quantitative estimate of drug-likeness (QED) is 0.709. The van der Waals surface area contributed by atoms with E-state index in [0.717, 1.165) is 23.5 Å². The highest BCUT2D eigenvalue weighted by atomic mass is 16.5. The number of aryl methyl sites for hydroxylation is 1. The van der Waals surface area contributed by atoms with Gasteiger partial charge in [0.15, 0.2) is 5.78 Å². The summed E-state index contributed by atoms with van der Waals surface area (Å²) in [5.74, 6) is 0.186. The summed E-state index contributed by atoms with van der Waals surface area (Å²) in [5.41, 5.74) is 3.00. The molecule has 0 aliphatic carbocycles. The molecule has 0 aromatic carbocycles. The second-order valence-corrected chi connectivity index (χ2v) is 5.32. The van der Waals surface area contributed by atoms with Crippen LogP contribution in [0.4, 0.5) is 0 Å². The third-order valence-electron chi connectivity index (χ3n) is 3.74. The number of hydrogen-bond acceptors (Lipinski definition) is 3. The van der Waals surface area contributed by atoms with Crippen molar-refractivity contribution in [2.45, 2.75) is 33.7 Å². The van der Waals surface area contributed by atoms with Crippen molar-refractivity contribution in [1.29, 1.82) is 0 Å². The minimum Gasteiger partial charge on any atom is -0.383 e. The summed E-state index contributed by atoms with van der Waals surface area (Å²) in [6.45, 7) is 10.1. The van der Waals surface area contributed by atoms with Crippen LogP contribution in [-0.4, -0.2) is 48.1 Å². The lowest BCUT2D eigenvalue weighted by Crippen LogP contribution is -2.38. The molecule has 19 heavy (non-hydrogen) atoms. The van der Waals surface area contributed by atoms with Gasteiger partial charge in [-0.2, -0.15) is 0 Å². The normalized spacial score (nSPS) is 11.6. The molecule has 0 aliphatic rings. The molecule has 0 aliphatic heterocycles. The zero-order chi connectivity index (χ0) is 14.6. The summed E-state index contributed by atoms with van der Waals surface area (Å²) in [6, 6.07) is 2.32. The van der Waals surface area contributed by atoms with Crippen LogP contribution in [0.3, 0.4) is 0 Å². The molecule has 0 N–H and O–H groups in total. The fourth-order valence-corrected chi connectivity index (χ4v) is 2.14. The molecule has 0 radical (unpaired) electrons. The first-order valence-electron chi connectivity index (χ1n) is 6.77. The lowest BCUT2D eigenvalue weighted by Gasteiger charge is -2.25. The molecule has 4 nitrogen and oxygen atoms in total. The van der Waals surface area contributed by atoms with E-state index in [1.165, 1.54) is 0 Å². The van der Waals surface area contributed by atoms with E-state index < -0.39 is 0 Å². The molecule has 0 atom stereocenters. The molecule has 1 heterocycles. The smallest absolute Gasteiger partial charge is 0.178 e. The molecular weight excluding hydrogens is 240 g/mol. The summed E-state index contributed by atoms with van der Waals surface area (Å²) in [6.07, 6.45) is 0. The van der Waals surface area contributed by atoms with Crippen LogP contribution >= 0.6 is 0 Å². The molecule has 0 unspecified atom stereocenters. The van der Waals surface area contributed by atoms with Crippen molar-refractivity contribution in [3.05, 3.63) is 23.0 Å². The summed E-state index contributed by atoms with van der Waals surface area (Å²) < 4.78 is 7.16. The predicted molar refractivity (Wildman–Crippen MR) is 77.8 cm³/mol. The number of ether oxygens (including phenoxy) is 1. The van der Waals surface area contributed by atoms with E-state index in [-0.39, 0.29) is 5.78 Å². The molecule has 108 valence electrons. The first-order valence-corrected chi connectivity index (χ1v) is 6.77. The van der Waals surface area contributed by atoms with Crippen molar-refractivity contribution in [3.8, 4) is 0 Å². The summed E-state index contributed by atoms with van der Waals surface area (Å²) in [7, 11) is 3.68. The van der Waals surface area contributed by atoms with Gasteiger partial charge in [0, 0.05) is 43.7 Å². The van der Waals surface area contributed by atoms with Crippen molar-refractivity contribution in [1.82, 2.24) is 9.47 Å². The van der Waals surface area contributed by atoms with Crippen molar-refractivity contribution >= 4 is 5.78 Å². The van der Waals surface area contributed by atoms with E-state index in [0.29, 0.717) is 19.2 Å². The highest BCUT2D eigenvalue weighted by Gasteiger charge is 2.18. The molecule has 0 amide bonds. The maximum absolute atomic E-state index is 12.4. The summed E-state index contributed by atoms with van der Waals surface area (Å²) in [4.78, 5) is 14.6. The van der Waals surface area contributed by atoms with Gasteiger partial charge in [-0.3, -0.25) is 9.69 Å². The number of hydrogen-bond donors (Lipinski definition) is 0. The number of methoxy groups -OCH3 is 1. The third kappa shape index (κ3) is 3.91. The number of carbonyl (C=O) groups excluding carboxylic acids is 1. The number of rotatable bonds is 7. The van der Waals surface area contributed by atoms with E-state index in [4.69, 9.17) is 4.74 Å². The fourth-order valence-electron chi connectivity index (χ4n) is 2.14. The lowest BCUT2D eigenvalue weighted by molar-refractivity contribution is 0.0851. The Morgan fingerprint density at radius 3 is 2.47 bits per heavy atom. The maximum Gasteiger partial charge on any atom is 0.178 e. The maximum atomic E-state index is 12.4. The molecule has 0 saturated heterocycles. The molecule has 0 fully saturated rings. The number of carbonyl (C=O) groups is 1. The Kier molecular flexibility index (Phi) is 5.76. The Bertz CT molecular complexity index is 436. The second-order valence-electron chi connectivity index (χ2n) is 5.32. The predicted octanol–water partition coefficient (Wildman–Crippen LogP) is 2.18. The highest BCUT2D eigenvalue weighted by molar-refractivity contribution is 5.99. The summed E-state index contributed by atoms with van der Waals surface area (Å²) in [5, 5.41) is 0. The number of ketones is 1. The fraction of sp³-hybridized carbons (Fsp3) is 0.667. The number of aromatic nitrogens is 1. The van der Waals surface area contributed by atoms with E-state index >= 15 is 0 Å². The zero-order valence-electron chi connectivity index (χ0n) is 13.0. The van der Waals surface area contributed by atoms with Crippen LogP contribution in [-0.2, 0) is 11.8 Å². The molecule has 0 bridgehead atoms. The van der Waals surface area contributed by atoms with Gasteiger partial charge in [0.1, 0.15) is 0 Å². The van der Waals surface area contributed by atoms with E-state index in [1.54, 1.807) is 7.11 Å². The van der Waals surface area contributed by atoms with Crippen LogP contribution in [0.25, 0.3) is 0 Å². The first-order chi connectivity index (χ1) is 8.88. The highest BCUT2D eigenvalue weighted by Crippen LogP contribution is 2.15. The Balaban J connectivity index is 2.79. The van der Waals surface area contributed by atoms with Gasteiger partial charge in [-0.1, -0.05) is 0 Å². The van der Waals surface area contributed by atoms with E-state index in [9.17, 15) is 4.79 Å². The topological polar surface area (TPSA) is 34.5 Å². The average Bonchev–Trinajstić information content (AvgIpc) is 2.61. The van der Waals surface area contributed by atoms with Crippen LogP contribution in [0.15, 0.2) is 6.07 Å². The summed E-state index contributed by atoms with van der Waals surface area (Å²) >= 11 is 0. The Morgan fingerprint density at radius 2 is 2.05 bits per heavy atom. The zero-order valence-corrected chi connectivity index (χ0v) is 13.0. The van der Waals surface area contributed by atoms with Crippen molar-refractivity contribution in [2.75, 3.05) is 26.8 Å². The van der Waals surface area contributed by atoms with Crippen molar-refractivity contribution < 1.29 is 9.53 Å². The SMILES string of the molecule is COCCN(CC(=O)c1cc(C)n(C)c1C)C(C)C. The average molecular weight is 266 g/mol. The van der Waals surface area contributed by atoms with Crippen LogP contribution in [0.5, 0.6) is 0 Å². The minimum atomic E-state index is 0.186. The Hall–Kier alpha value is -1.13. The van der Waals surface area contributed by atoms with Gasteiger partial charge >= 0.3 is 0 Å². The van der Waals surface area contributed by atoms with E-state index in [2.05, 4.69) is 23.3 Å². The van der Waals surface area contributed by atoms with Gasteiger partial charge in [0.2, 0.25) is 0 Å². The third-order valence-corrected chi connectivity index (χ3v) is 3.74.